The monoisotopic (exact) mass is 209 g/mol. The Morgan fingerprint density at radius 1 is 1.50 bits per heavy atom. The number of aryl methyl sites for hydroxylation is 1. The minimum atomic E-state index is 0.149. The van der Waals surface area contributed by atoms with E-state index in [1.54, 1.807) is 0 Å². The molecule has 1 aromatic rings. The van der Waals surface area contributed by atoms with Crippen LogP contribution in [0.2, 0.25) is 0 Å². The second-order valence-electron chi connectivity index (χ2n) is 4.00. The zero-order chi connectivity index (χ0) is 10.1. The van der Waals surface area contributed by atoms with Gasteiger partial charge in [0.15, 0.2) is 0 Å². The molecular formula is C12H16ClN. The van der Waals surface area contributed by atoms with Crippen LogP contribution in [0.4, 0.5) is 0 Å². The number of rotatable bonds is 1. The number of nitrogens with one attached hydrogen (secondary N) is 1. The third-order valence-electron chi connectivity index (χ3n) is 2.98. The van der Waals surface area contributed by atoms with E-state index in [4.69, 9.17) is 11.6 Å². The van der Waals surface area contributed by atoms with E-state index in [-0.39, 0.29) is 5.38 Å². The summed E-state index contributed by atoms with van der Waals surface area (Å²) in [7, 11) is 0. The predicted octanol–water partition coefficient (Wildman–Crippen LogP) is 2.81. The van der Waals surface area contributed by atoms with Gasteiger partial charge in [-0.05, 0) is 43.5 Å². The molecule has 1 aliphatic rings. The Morgan fingerprint density at radius 2 is 2.29 bits per heavy atom. The summed E-state index contributed by atoms with van der Waals surface area (Å²) >= 11 is 6.17. The van der Waals surface area contributed by atoms with E-state index >= 15 is 0 Å². The second-order valence-corrected chi connectivity index (χ2v) is 4.69. The van der Waals surface area contributed by atoms with Crippen molar-refractivity contribution in [2.75, 3.05) is 6.54 Å². The molecule has 0 saturated heterocycles. The lowest BCUT2D eigenvalue weighted by Crippen LogP contribution is -2.34. The zero-order valence-corrected chi connectivity index (χ0v) is 9.43. The van der Waals surface area contributed by atoms with Crippen LogP contribution in [-0.4, -0.2) is 11.9 Å². The van der Waals surface area contributed by atoms with Gasteiger partial charge in [-0.1, -0.05) is 18.2 Å². The Bertz CT molecular complexity index is 333. The molecule has 1 aliphatic heterocycles. The van der Waals surface area contributed by atoms with Crippen LogP contribution in [0.5, 0.6) is 0 Å². The molecule has 14 heavy (non-hydrogen) atoms. The highest BCUT2D eigenvalue weighted by Crippen LogP contribution is 2.29. The number of halogens is 1. The Morgan fingerprint density at radius 3 is 3.00 bits per heavy atom. The summed E-state index contributed by atoms with van der Waals surface area (Å²) in [5, 5.41) is 3.62. The molecule has 2 rings (SSSR count). The van der Waals surface area contributed by atoms with Gasteiger partial charge in [0.05, 0.1) is 5.38 Å². The SMILES string of the molecule is Cc1cccc2c1CCNC2[C@H](C)Cl. The lowest BCUT2D eigenvalue weighted by Gasteiger charge is -2.29. The summed E-state index contributed by atoms with van der Waals surface area (Å²) < 4.78 is 0. The third-order valence-corrected chi connectivity index (χ3v) is 3.23. The molecule has 0 saturated carbocycles. The van der Waals surface area contributed by atoms with Gasteiger partial charge in [-0.2, -0.15) is 0 Å². The van der Waals surface area contributed by atoms with Gasteiger partial charge in [-0.15, -0.1) is 11.6 Å². The quantitative estimate of drug-likeness (QED) is 0.702. The highest BCUT2D eigenvalue weighted by Gasteiger charge is 2.23. The fourth-order valence-electron chi connectivity index (χ4n) is 2.23. The topological polar surface area (TPSA) is 12.0 Å². The van der Waals surface area contributed by atoms with Crippen molar-refractivity contribution in [3.8, 4) is 0 Å². The Labute approximate surface area is 90.5 Å². The molecule has 0 bridgehead atoms. The highest BCUT2D eigenvalue weighted by atomic mass is 35.5. The van der Waals surface area contributed by atoms with Crippen molar-refractivity contribution in [2.45, 2.75) is 31.7 Å². The molecule has 1 unspecified atom stereocenters. The van der Waals surface area contributed by atoms with Gasteiger partial charge in [-0.25, -0.2) is 0 Å². The fourth-order valence-corrected chi connectivity index (χ4v) is 2.46. The van der Waals surface area contributed by atoms with Gasteiger partial charge in [0.25, 0.3) is 0 Å². The number of hydrogen-bond acceptors (Lipinski definition) is 1. The van der Waals surface area contributed by atoms with Crippen molar-refractivity contribution in [1.82, 2.24) is 5.32 Å². The van der Waals surface area contributed by atoms with Gasteiger partial charge in [0.1, 0.15) is 0 Å². The van der Waals surface area contributed by atoms with Gasteiger partial charge in [0.2, 0.25) is 0 Å². The van der Waals surface area contributed by atoms with Crippen LogP contribution >= 0.6 is 11.6 Å². The highest BCUT2D eigenvalue weighted by molar-refractivity contribution is 6.20. The van der Waals surface area contributed by atoms with Crippen LogP contribution in [0.1, 0.15) is 29.7 Å². The molecule has 0 aliphatic carbocycles. The Balaban J connectivity index is 2.44. The number of alkyl halides is 1. The summed E-state index contributed by atoms with van der Waals surface area (Å²) in [6.07, 6.45) is 1.13. The predicted molar refractivity (Wildman–Crippen MR) is 60.9 cm³/mol. The van der Waals surface area contributed by atoms with Crippen LogP contribution in [-0.2, 0) is 6.42 Å². The minimum absolute atomic E-state index is 0.149. The van der Waals surface area contributed by atoms with Crippen LogP contribution in [0.15, 0.2) is 18.2 Å². The van der Waals surface area contributed by atoms with Gasteiger partial charge >= 0.3 is 0 Å². The van der Waals surface area contributed by atoms with Crippen LogP contribution < -0.4 is 5.32 Å². The minimum Gasteiger partial charge on any atom is -0.308 e. The zero-order valence-electron chi connectivity index (χ0n) is 8.68. The molecule has 0 spiro atoms. The van der Waals surface area contributed by atoms with E-state index in [1.165, 1.54) is 16.7 Å². The van der Waals surface area contributed by atoms with E-state index < -0.39 is 0 Å². The third kappa shape index (κ3) is 1.67. The van der Waals surface area contributed by atoms with Gasteiger partial charge < -0.3 is 5.32 Å². The number of hydrogen-bond donors (Lipinski definition) is 1. The molecule has 1 heterocycles. The average Bonchev–Trinajstić information content (AvgIpc) is 2.17. The summed E-state index contributed by atoms with van der Waals surface area (Å²) in [6, 6.07) is 6.81. The number of benzene rings is 1. The van der Waals surface area contributed by atoms with Crippen molar-refractivity contribution >= 4 is 11.6 Å². The molecule has 0 amide bonds. The van der Waals surface area contributed by atoms with E-state index in [9.17, 15) is 0 Å². The van der Waals surface area contributed by atoms with E-state index in [0.717, 1.165) is 13.0 Å². The fraction of sp³-hybridized carbons (Fsp3) is 0.500. The van der Waals surface area contributed by atoms with Crippen LogP contribution in [0, 0.1) is 6.92 Å². The summed E-state index contributed by atoms with van der Waals surface area (Å²) in [5.74, 6) is 0. The molecule has 1 nitrogen and oxygen atoms in total. The van der Waals surface area contributed by atoms with Gasteiger partial charge in [-0.3, -0.25) is 0 Å². The normalized spacial score (nSPS) is 22.9. The summed E-state index contributed by atoms with van der Waals surface area (Å²) in [5.41, 5.74) is 4.27. The lowest BCUT2D eigenvalue weighted by atomic mass is 9.90. The molecular weight excluding hydrogens is 194 g/mol. The Kier molecular flexibility index (Phi) is 2.80. The largest absolute Gasteiger partial charge is 0.308 e. The average molecular weight is 210 g/mol. The van der Waals surface area contributed by atoms with Crippen LogP contribution in [0.3, 0.4) is 0 Å². The molecule has 2 atom stereocenters. The van der Waals surface area contributed by atoms with Crippen molar-refractivity contribution in [3.05, 3.63) is 34.9 Å². The molecule has 1 N–H and O–H groups in total. The maximum atomic E-state index is 6.17. The number of fused-ring (bicyclic) bond motifs is 1. The van der Waals surface area contributed by atoms with Gasteiger partial charge in [0, 0.05) is 6.04 Å². The van der Waals surface area contributed by atoms with Crippen molar-refractivity contribution in [3.63, 3.8) is 0 Å². The molecule has 0 radical (unpaired) electrons. The first-order valence-corrected chi connectivity index (χ1v) is 5.59. The lowest BCUT2D eigenvalue weighted by molar-refractivity contribution is 0.496. The van der Waals surface area contributed by atoms with E-state index in [0.29, 0.717) is 6.04 Å². The van der Waals surface area contributed by atoms with Crippen LogP contribution in [0.25, 0.3) is 0 Å². The second kappa shape index (κ2) is 3.92. The summed E-state index contributed by atoms with van der Waals surface area (Å²) in [4.78, 5) is 0. The van der Waals surface area contributed by atoms with Crippen molar-refractivity contribution in [1.29, 1.82) is 0 Å². The molecule has 76 valence electrons. The molecule has 0 fully saturated rings. The summed E-state index contributed by atoms with van der Waals surface area (Å²) in [6.45, 7) is 5.27. The Hall–Kier alpha value is -0.530. The first-order valence-electron chi connectivity index (χ1n) is 5.16. The first kappa shape index (κ1) is 10.0. The van der Waals surface area contributed by atoms with E-state index in [1.807, 2.05) is 0 Å². The molecule has 0 aromatic heterocycles. The molecule has 1 aromatic carbocycles. The maximum absolute atomic E-state index is 6.17. The van der Waals surface area contributed by atoms with E-state index in [2.05, 4.69) is 37.4 Å². The molecule has 2 heteroatoms. The van der Waals surface area contributed by atoms with Crippen molar-refractivity contribution < 1.29 is 0 Å². The standard InChI is InChI=1S/C12H16ClN/c1-8-4-3-5-11-10(8)6-7-14-12(11)9(2)13/h3-5,9,12,14H,6-7H2,1-2H3/t9-,12?/m0/s1. The first-order chi connectivity index (χ1) is 6.70. The van der Waals surface area contributed by atoms with Crippen molar-refractivity contribution in [2.24, 2.45) is 0 Å². The smallest absolute Gasteiger partial charge is 0.0502 e. The maximum Gasteiger partial charge on any atom is 0.0502 e.